The smallest absolute Gasteiger partial charge is 0.109 e. The predicted octanol–water partition coefficient (Wildman–Crippen LogP) is -4.62. The highest BCUT2D eigenvalue weighted by atomic mass is 16.4. The molecule has 0 aromatic carbocycles. The summed E-state index contributed by atoms with van der Waals surface area (Å²) in [6.45, 7) is -0.717. The fourth-order valence-corrected chi connectivity index (χ4v) is 3.86. The lowest BCUT2D eigenvalue weighted by atomic mass is 9.86. The van der Waals surface area contributed by atoms with E-state index in [1.54, 1.807) is 0 Å². The summed E-state index contributed by atoms with van der Waals surface area (Å²) in [6.07, 6.45) is -5.22. The second-order valence-corrected chi connectivity index (χ2v) is 7.35. The van der Waals surface area contributed by atoms with E-state index in [-0.39, 0.29) is 13.2 Å². The highest BCUT2D eigenvalue weighted by molar-refractivity contribution is 4.99. The van der Waals surface area contributed by atoms with Crippen molar-refractivity contribution in [2.45, 2.75) is 86.5 Å². The fraction of sp³-hybridized carbons (Fsp3) is 1.00. The molecule has 26 heavy (non-hydrogen) atoms. The van der Waals surface area contributed by atoms with E-state index in [1.165, 1.54) is 0 Å². The first-order valence-corrected chi connectivity index (χ1v) is 9.14. The van der Waals surface area contributed by atoms with Crippen LogP contribution < -0.4 is 10.6 Å². The molecule has 0 amide bonds. The van der Waals surface area contributed by atoms with Crippen LogP contribution in [0.5, 0.6) is 0 Å². The van der Waals surface area contributed by atoms with Gasteiger partial charge in [-0.1, -0.05) is 12.8 Å². The third kappa shape index (κ3) is 4.71. The summed E-state index contributed by atoms with van der Waals surface area (Å²) in [5.74, 6) is 0. The molecule has 2 heterocycles. The average molecular weight is 380 g/mol. The Labute approximate surface area is 152 Å². The Morgan fingerprint density at radius 1 is 0.462 bits per heavy atom. The fourth-order valence-electron chi connectivity index (χ4n) is 3.86. The maximum atomic E-state index is 10.0. The SMILES string of the molecule is OC[C@H]1N[C@H](CCCC[C@H]2N[C@H](CO)[C@@H](O)[C@H](O)[C@H]2O)[C@H](O)[C@@H](O)[C@@H]1O. The first-order chi connectivity index (χ1) is 12.3. The zero-order valence-corrected chi connectivity index (χ0v) is 14.6. The van der Waals surface area contributed by atoms with E-state index >= 15 is 0 Å². The van der Waals surface area contributed by atoms with E-state index in [1.807, 2.05) is 0 Å². The van der Waals surface area contributed by atoms with Crippen LogP contribution in [0.4, 0.5) is 0 Å². The summed E-state index contributed by atoms with van der Waals surface area (Å²) in [4.78, 5) is 0. The van der Waals surface area contributed by atoms with Crippen LogP contribution in [-0.2, 0) is 0 Å². The molecule has 0 unspecified atom stereocenters. The zero-order valence-electron chi connectivity index (χ0n) is 14.6. The molecule has 10 N–H and O–H groups in total. The van der Waals surface area contributed by atoms with Gasteiger partial charge in [-0.25, -0.2) is 0 Å². The molecular formula is C16H32N2O8. The van der Waals surface area contributed by atoms with Crippen LogP contribution in [0.15, 0.2) is 0 Å². The van der Waals surface area contributed by atoms with Gasteiger partial charge >= 0.3 is 0 Å². The van der Waals surface area contributed by atoms with Crippen LogP contribution in [0.2, 0.25) is 0 Å². The summed E-state index contributed by atoms with van der Waals surface area (Å²) in [5, 5.41) is 83.6. The van der Waals surface area contributed by atoms with Crippen molar-refractivity contribution in [2.24, 2.45) is 0 Å². The number of hydrogen-bond acceptors (Lipinski definition) is 10. The molecule has 0 aromatic heterocycles. The molecule has 2 aliphatic rings. The molecule has 0 aromatic rings. The van der Waals surface area contributed by atoms with Crippen molar-refractivity contribution in [3.63, 3.8) is 0 Å². The Balaban J connectivity index is 1.79. The third-order valence-corrected chi connectivity index (χ3v) is 5.58. The number of aliphatic hydroxyl groups excluding tert-OH is 8. The predicted molar refractivity (Wildman–Crippen MR) is 90.1 cm³/mol. The third-order valence-electron chi connectivity index (χ3n) is 5.58. The van der Waals surface area contributed by atoms with Gasteiger partial charge in [-0.3, -0.25) is 0 Å². The minimum absolute atomic E-state index is 0.359. The van der Waals surface area contributed by atoms with Crippen molar-refractivity contribution in [2.75, 3.05) is 13.2 Å². The second-order valence-electron chi connectivity index (χ2n) is 7.35. The molecule has 0 aliphatic carbocycles. The number of piperidine rings is 2. The van der Waals surface area contributed by atoms with Crippen molar-refractivity contribution in [1.29, 1.82) is 0 Å². The van der Waals surface area contributed by atoms with Crippen molar-refractivity contribution in [1.82, 2.24) is 10.6 Å². The van der Waals surface area contributed by atoms with Crippen LogP contribution in [0.25, 0.3) is 0 Å². The van der Waals surface area contributed by atoms with Crippen molar-refractivity contribution >= 4 is 0 Å². The number of unbranched alkanes of at least 4 members (excludes halogenated alkanes) is 1. The Morgan fingerprint density at radius 3 is 1.08 bits per heavy atom. The second kappa shape index (κ2) is 9.69. The van der Waals surface area contributed by atoms with E-state index in [0.717, 1.165) is 0 Å². The Bertz CT molecular complexity index is 389. The first kappa shape index (κ1) is 21.9. The van der Waals surface area contributed by atoms with Gasteiger partial charge in [-0.15, -0.1) is 0 Å². The number of hydrogen-bond donors (Lipinski definition) is 10. The van der Waals surface area contributed by atoms with Gasteiger partial charge in [0.05, 0.1) is 49.7 Å². The maximum absolute atomic E-state index is 10.0. The minimum Gasteiger partial charge on any atom is -0.395 e. The molecule has 0 saturated carbocycles. The van der Waals surface area contributed by atoms with Crippen LogP contribution in [0.1, 0.15) is 25.7 Å². The monoisotopic (exact) mass is 380 g/mol. The number of rotatable bonds is 7. The zero-order chi connectivity index (χ0) is 19.4. The van der Waals surface area contributed by atoms with Gasteiger partial charge < -0.3 is 51.5 Å². The molecule has 0 spiro atoms. The molecule has 2 aliphatic heterocycles. The summed E-state index contributed by atoms with van der Waals surface area (Å²) >= 11 is 0. The lowest BCUT2D eigenvalue weighted by molar-refractivity contribution is -0.122. The van der Waals surface area contributed by atoms with E-state index in [2.05, 4.69) is 10.6 Å². The van der Waals surface area contributed by atoms with Gasteiger partial charge in [0.15, 0.2) is 0 Å². The van der Waals surface area contributed by atoms with Gasteiger partial charge in [-0.2, -0.15) is 0 Å². The average Bonchev–Trinajstić information content (AvgIpc) is 2.64. The van der Waals surface area contributed by atoms with Crippen LogP contribution >= 0.6 is 0 Å². The molecule has 10 nitrogen and oxygen atoms in total. The van der Waals surface area contributed by atoms with Crippen LogP contribution in [0.3, 0.4) is 0 Å². The van der Waals surface area contributed by atoms with E-state index in [9.17, 15) is 40.9 Å². The molecule has 2 fully saturated rings. The molecular weight excluding hydrogens is 348 g/mol. The van der Waals surface area contributed by atoms with Gasteiger partial charge in [0, 0.05) is 12.1 Å². The standard InChI is InChI=1S/C16H32N2O8/c19-5-9-13(23)15(25)11(21)7(17-9)3-1-2-4-8-12(22)16(26)14(24)10(6-20)18-8/h7-26H,1-6H2/t7-,8-,9-,10-,11+,12+,13-,14-,15-,16-/m1/s1. The van der Waals surface area contributed by atoms with Crippen molar-refractivity contribution in [3.05, 3.63) is 0 Å². The van der Waals surface area contributed by atoms with Crippen LogP contribution in [-0.4, -0.2) is 115 Å². The number of nitrogens with one attached hydrogen (secondary N) is 2. The molecule has 2 rings (SSSR count). The molecule has 2 saturated heterocycles. The highest BCUT2D eigenvalue weighted by Gasteiger charge is 2.43. The van der Waals surface area contributed by atoms with E-state index in [0.29, 0.717) is 25.7 Å². The Kier molecular flexibility index (Phi) is 8.16. The molecule has 0 radical (unpaired) electrons. The topological polar surface area (TPSA) is 186 Å². The lowest BCUT2D eigenvalue weighted by Crippen LogP contribution is -2.66. The summed E-state index contributed by atoms with van der Waals surface area (Å²) in [6, 6.07) is -2.37. The van der Waals surface area contributed by atoms with Gasteiger partial charge in [0.25, 0.3) is 0 Å². The quantitative estimate of drug-likeness (QED) is 0.193. The summed E-state index contributed by atoms with van der Waals surface area (Å²) in [5.41, 5.74) is 0. The molecule has 10 heteroatoms. The largest absolute Gasteiger partial charge is 0.395 e. The summed E-state index contributed by atoms with van der Waals surface area (Å²) < 4.78 is 0. The number of aliphatic hydroxyl groups is 8. The molecule has 154 valence electrons. The Hall–Kier alpha value is -0.400. The molecule has 10 atom stereocenters. The van der Waals surface area contributed by atoms with Crippen molar-refractivity contribution in [3.8, 4) is 0 Å². The minimum atomic E-state index is -1.33. The lowest BCUT2D eigenvalue weighted by Gasteiger charge is -2.42. The van der Waals surface area contributed by atoms with Gasteiger partial charge in [0.1, 0.15) is 12.2 Å². The van der Waals surface area contributed by atoms with E-state index in [4.69, 9.17) is 0 Å². The first-order valence-electron chi connectivity index (χ1n) is 9.14. The maximum Gasteiger partial charge on any atom is 0.109 e. The van der Waals surface area contributed by atoms with Gasteiger partial charge in [0.2, 0.25) is 0 Å². The highest BCUT2D eigenvalue weighted by Crippen LogP contribution is 2.22. The summed E-state index contributed by atoms with van der Waals surface area (Å²) in [7, 11) is 0. The molecule has 0 bridgehead atoms. The normalized spacial score (nSPS) is 47.1. The van der Waals surface area contributed by atoms with Gasteiger partial charge in [-0.05, 0) is 12.8 Å². The van der Waals surface area contributed by atoms with Crippen molar-refractivity contribution < 1.29 is 40.9 Å². The van der Waals surface area contributed by atoms with Crippen LogP contribution in [0, 0.1) is 0 Å². The van der Waals surface area contributed by atoms with E-state index < -0.39 is 60.8 Å². The Morgan fingerprint density at radius 2 is 0.769 bits per heavy atom.